The van der Waals surface area contributed by atoms with Crippen molar-refractivity contribution in [1.82, 2.24) is 4.90 Å². The maximum Gasteiger partial charge on any atom is 0.267 e. The monoisotopic (exact) mass is 400 g/mol. The third-order valence-electron chi connectivity index (χ3n) is 4.94. The zero-order valence-electron chi connectivity index (χ0n) is 15.4. The van der Waals surface area contributed by atoms with Gasteiger partial charge in [0.05, 0.1) is 7.11 Å². The van der Waals surface area contributed by atoms with Gasteiger partial charge in [0, 0.05) is 47.0 Å². The molecular weight excluding hydrogens is 380 g/mol. The molecule has 27 heavy (non-hydrogen) atoms. The second-order valence-electron chi connectivity index (χ2n) is 6.72. The Labute approximate surface area is 167 Å². The number of ether oxygens (including phenoxy) is 1. The van der Waals surface area contributed by atoms with Gasteiger partial charge in [0.1, 0.15) is 10.6 Å². The number of hydrogen-bond acceptors (Lipinski definition) is 4. The van der Waals surface area contributed by atoms with Crippen LogP contribution in [0.4, 0.5) is 5.69 Å². The zero-order valence-corrected chi connectivity index (χ0v) is 16.9. The molecule has 140 valence electrons. The lowest BCUT2D eigenvalue weighted by atomic mass is 10.2. The highest BCUT2D eigenvalue weighted by Gasteiger charge is 2.27. The molecule has 4 nitrogen and oxygen atoms in total. The summed E-state index contributed by atoms with van der Waals surface area (Å²) in [5.41, 5.74) is 2.47. The Balaban J connectivity index is 1.54. The number of thiophene rings is 1. The van der Waals surface area contributed by atoms with E-state index in [4.69, 9.17) is 16.3 Å². The van der Waals surface area contributed by atoms with Crippen LogP contribution in [0.25, 0.3) is 10.1 Å². The molecule has 0 saturated carbocycles. The fraction of sp³-hybridized carbons (Fsp3) is 0.286. The molecule has 1 aromatic heterocycles. The van der Waals surface area contributed by atoms with Gasteiger partial charge in [0.15, 0.2) is 0 Å². The number of fused-ring (bicyclic) bond motifs is 1. The van der Waals surface area contributed by atoms with E-state index in [1.54, 1.807) is 7.11 Å². The van der Waals surface area contributed by atoms with E-state index in [0.29, 0.717) is 28.7 Å². The summed E-state index contributed by atoms with van der Waals surface area (Å²) in [4.78, 5) is 18.0. The topological polar surface area (TPSA) is 32.8 Å². The van der Waals surface area contributed by atoms with Crippen molar-refractivity contribution in [3.63, 3.8) is 0 Å². The minimum absolute atomic E-state index is 0.0352. The number of benzene rings is 2. The Bertz CT molecular complexity index is 993. The van der Waals surface area contributed by atoms with Crippen LogP contribution in [-0.4, -0.2) is 44.1 Å². The molecule has 0 atom stereocenters. The quantitative estimate of drug-likeness (QED) is 0.631. The first kappa shape index (κ1) is 18.1. The predicted molar refractivity (Wildman–Crippen MR) is 113 cm³/mol. The van der Waals surface area contributed by atoms with E-state index in [1.165, 1.54) is 22.6 Å². The van der Waals surface area contributed by atoms with Crippen molar-refractivity contribution in [3.8, 4) is 5.75 Å². The first-order valence-corrected chi connectivity index (χ1v) is 10.1. The minimum atomic E-state index is 0.0352. The second kappa shape index (κ2) is 7.41. The van der Waals surface area contributed by atoms with Crippen molar-refractivity contribution in [2.24, 2.45) is 0 Å². The van der Waals surface area contributed by atoms with Gasteiger partial charge in [0.2, 0.25) is 0 Å². The standard InChI is InChI=1S/C21H21ClN2O2S/c1-14-4-3-5-16(12-14)23-8-10-24(11-9-23)21(25)20-19(26-2)17-13-15(22)6-7-18(17)27-20/h3-7,12-13H,8-11H2,1-2H3. The summed E-state index contributed by atoms with van der Waals surface area (Å²) in [5.74, 6) is 0.664. The number of piperazine rings is 1. The summed E-state index contributed by atoms with van der Waals surface area (Å²) >= 11 is 7.59. The Kier molecular flexibility index (Phi) is 4.98. The number of hydrogen-bond donors (Lipinski definition) is 0. The van der Waals surface area contributed by atoms with E-state index in [2.05, 4.69) is 36.1 Å². The van der Waals surface area contributed by atoms with Crippen molar-refractivity contribution < 1.29 is 9.53 Å². The van der Waals surface area contributed by atoms with Crippen LogP contribution >= 0.6 is 22.9 Å². The van der Waals surface area contributed by atoms with Crippen LogP contribution in [0, 0.1) is 6.92 Å². The molecule has 0 N–H and O–H groups in total. The molecule has 2 heterocycles. The molecule has 0 radical (unpaired) electrons. The lowest BCUT2D eigenvalue weighted by molar-refractivity contribution is 0.0749. The Morgan fingerprint density at radius 1 is 1.11 bits per heavy atom. The van der Waals surface area contributed by atoms with Crippen LogP contribution in [-0.2, 0) is 0 Å². The summed E-state index contributed by atoms with van der Waals surface area (Å²) in [5, 5.41) is 1.54. The molecule has 0 spiro atoms. The second-order valence-corrected chi connectivity index (χ2v) is 8.21. The number of rotatable bonds is 3. The van der Waals surface area contributed by atoms with E-state index >= 15 is 0 Å². The average Bonchev–Trinajstić information content (AvgIpc) is 3.05. The van der Waals surface area contributed by atoms with Crippen LogP contribution in [0.15, 0.2) is 42.5 Å². The van der Waals surface area contributed by atoms with Crippen LogP contribution < -0.4 is 9.64 Å². The molecule has 1 fully saturated rings. The van der Waals surface area contributed by atoms with Gasteiger partial charge < -0.3 is 14.5 Å². The van der Waals surface area contributed by atoms with Crippen LogP contribution in [0.5, 0.6) is 5.75 Å². The third-order valence-corrected chi connectivity index (χ3v) is 6.31. The van der Waals surface area contributed by atoms with E-state index in [0.717, 1.165) is 23.2 Å². The average molecular weight is 401 g/mol. The molecule has 3 aromatic rings. The van der Waals surface area contributed by atoms with E-state index in [1.807, 2.05) is 23.1 Å². The van der Waals surface area contributed by atoms with Crippen LogP contribution in [0.2, 0.25) is 5.02 Å². The van der Waals surface area contributed by atoms with Crippen LogP contribution in [0.1, 0.15) is 15.2 Å². The van der Waals surface area contributed by atoms with Gasteiger partial charge in [-0.25, -0.2) is 0 Å². The van der Waals surface area contributed by atoms with Crippen molar-refractivity contribution in [2.75, 3.05) is 38.2 Å². The summed E-state index contributed by atoms with van der Waals surface area (Å²) in [6, 6.07) is 14.1. The van der Waals surface area contributed by atoms with Gasteiger partial charge in [-0.3, -0.25) is 4.79 Å². The van der Waals surface area contributed by atoms with Crippen molar-refractivity contribution in [3.05, 3.63) is 57.9 Å². The van der Waals surface area contributed by atoms with E-state index in [9.17, 15) is 4.79 Å². The van der Waals surface area contributed by atoms with Gasteiger partial charge >= 0.3 is 0 Å². The molecule has 0 aliphatic carbocycles. The molecule has 1 aliphatic heterocycles. The third kappa shape index (κ3) is 3.49. The summed E-state index contributed by atoms with van der Waals surface area (Å²) < 4.78 is 6.58. The molecule has 0 unspecified atom stereocenters. The molecule has 1 amide bonds. The van der Waals surface area contributed by atoms with Gasteiger partial charge in [-0.1, -0.05) is 23.7 Å². The van der Waals surface area contributed by atoms with Gasteiger partial charge in [-0.15, -0.1) is 11.3 Å². The molecule has 2 aromatic carbocycles. The Hall–Kier alpha value is -2.24. The first-order valence-electron chi connectivity index (χ1n) is 8.94. The largest absolute Gasteiger partial charge is 0.494 e. The number of aryl methyl sites for hydroxylation is 1. The minimum Gasteiger partial charge on any atom is -0.494 e. The Morgan fingerprint density at radius 3 is 2.59 bits per heavy atom. The maximum absolute atomic E-state index is 13.1. The van der Waals surface area contributed by atoms with Crippen LogP contribution in [0.3, 0.4) is 0 Å². The number of nitrogens with zero attached hydrogens (tertiary/aromatic N) is 2. The highest BCUT2D eigenvalue weighted by Crippen LogP contribution is 2.39. The van der Waals surface area contributed by atoms with Crippen molar-refractivity contribution in [1.29, 1.82) is 0 Å². The van der Waals surface area contributed by atoms with E-state index in [-0.39, 0.29) is 5.91 Å². The lowest BCUT2D eigenvalue weighted by Gasteiger charge is -2.36. The lowest BCUT2D eigenvalue weighted by Crippen LogP contribution is -2.48. The van der Waals surface area contributed by atoms with Gasteiger partial charge in [-0.05, 0) is 42.8 Å². The SMILES string of the molecule is COc1c(C(=O)N2CCN(c3cccc(C)c3)CC2)sc2ccc(Cl)cc12. The van der Waals surface area contributed by atoms with Crippen molar-refractivity contribution in [2.45, 2.75) is 6.92 Å². The molecule has 1 aliphatic rings. The fourth-order valence-corrected chi connectivity index (χ4v) is 4.82. The molecule has 1 saturated heterocycles. The number of methoxy groups -OCH3 is 1. The molecule has 4 rings (SSSR count). The zero-order chi connectivity index (χ0) is 19.0. The molecule has 0 bridgehead atoms. The predicted octanol–water partition coefficient (Wildman–Crippen LogP) is 4.83. The summed E-state index contributed by atoms with van der Waals surface area (Å²) in [6.07, 6.45) is 0. The highest BCUT2D eigenvalue weighted by atomic mass is 35.5. The highest BCUT2D eigenvalue weighted by molar-refractivity contribution is 7.21. The number of halogens is 1. The Morgan fingerprint density at radius 2 is 1.89 bits per heavy atom. The fourth-order valence-electron chi connectivity index (χ4n) is 3.53. The van der Waals surface area contributed by atoms with Gasteiger partial charge in [-0.2, -0.15) is 0 Å². The van der Waals surface area contributed by atoms with Gasteiger partial charge in [0.25, 0.3) is 5.91 Å². The number of carbonyl (C=O) groups excluding carboxylic acids is 1. The number of amides is 1. The maximum atomic E-state index is 13.1. The van der Waals surface area contributed by atoms with Crippen molar-refractivity contribution >= 4 is 44.6 Å². The summed E-state index contributed by atoms with van der Waals surface area (Å²) in [7, 11) is 1.61. The number of carbonyl (C=O) groups is 1. The smallest absolute Gasteiger partial charge is 0.267 e. The first-order chi connectivity index (χ1) is 13.1. The van der Waals surface area contributed by atoms with E-state index < -0.39 is 0 Å². The number of anilines is 1. The molecule has 6 heteroatoms. The molecular formula is C21H21ClN2O2S. The normalized spacial score (nSPS) is 14.6. The summed E-state index contributed by atoms with van der Waals surface area (Å²) in [6.45, 7) is 5.15.